The third kappa shape index (κ3) is 3.56. The number of anilines is 1. The Morgan fingerprint density at radius 3 is 1.90 bits per heavy atom. The molecule has 1 aliphatic rings. The van der Waals surface area contributed by atoms with E-state index in [1.807, 2.05) is 0 Å². The van der Waals surface area contributed by atoms with Gasteiger partial charge in [0.15, 0.2) is 0 Å². The van der Waals surface area contributed by atoms with Gasteiger partial charge in [0, 0.05) is 11.6 Å². The molecule has 0 saturated carbocycles. The van der Waals surface area contributed by atoms with Crippen molar-refractivity contribution in [2.45, 2.75) is 6.04 Å². The molecule has 1 unspecified atom stereocenters. The fourth-order valence-corrected chi connectivity index (χ4v) is 3.48. The molecule has 3 aromatic rings. The molecule has 8 heteroatoms. The summed E-state index contributed by atoms with van der Waals surface area (Å²) in [6.07, 6.45) is 0. The van der Waals surface area contributed by atoms with E-state index in [0.717, 1.165) is 41.3 Å². The fourth-order valence-electron chi connectivity index (χ4n) is 3.48. The average molecular weight is 427 g/mol. The summed E-state index contributed by atoms with van der Waals surface area (Å²) < 4.78 is 54.7. The second-order valence-corrected chi connectivity index (χ2v) is 6.82. The Morgan fingerprint density at radius 1 is 0.774 bits per heavy atom. The third-order valence-corrected chi connectivity index (χ3v) is 4.92. The second-order valence-electron chi connectivity index (χ2n) is 6.82. The molecule has 1 heterocycles. The fraction of sp³-hybridized carbons (Fsp3) is 0.0435. The Kier molecular flexibility index (Phi) is 5.06. The Labute approximate surface area is 173 Å². The summed E-state index contributed by atoms with van der Waals surface area (Å²) in [4.78, 5) is 26.5. The van der Waals surface area contributed by atoms with E-state index >= 15 is 0 Å². The van der Waals surface area contributed by atoms with Crippen LogP contribution in [0.15, 0.2) is 72.3 Å². The highest BCUT2D eigenvalue weighted by Gasteiger charge is 2.47. The van der Waals surface area contributed by atoms with Gasteiger partial charge in [-0.15, -0.1) is 0 Å². The highest BCUT2D eigenvalue weighted by molar-refractivity contribution is 6.51. The first-order valence-corrected chi connectivity index (χ1v) is 9.05. The molecule has 0 aromatic heterocycles. The van der Waals surface area contributed by atoms with E-state index in [1.165, 1.54) is 24.3 Å². The van der Waals surface area contributed by atoms with Crippen LogP contribution in [-0.2, 0) is 9.59 Å². The highest BCUT2D eigenvalue weighted by atomic mass is 19.1. The number of halogens is 4. The monoisotopic (exact) mass is 427 g/mol. The molecule has 4 rings (SSSR count). The summed E-state index contributed by atoms with van der Waals surface area (Å²) in [6, 6.07) is 10.4. The number of Topliss-reactive ketones (excluding diaryl/α,β-unsaturated/α-hetero) is 1. The van der Waals surface area contributed by atoms with Crippen LogP contribution in [0, 0.1) is 23.3 Å². The van der Waals surface area contributed by atoms with Crippen LogP contribution in [0.5, 0.6) is 0 Å². The van der Waals surface area contributed by atoms with Crippen molar-refractivity contribution in [2.24, 2.45) is 0 Å². The van der Waals surface area contributed by atoms with Crippen molar-refractivity contribution < 1.29 is 32.3 Å². The molecule has 0 aliphatic carbocycles. The van der Waals surface area contributed by atoms with Crippen LogP contribution in [0.2, 0.25) is 0 Å². The van der Waals surface area contributed by atoms with Gasteiger partial charge in [-0.25, -0.2) is 17.6 Å². The van der Waals surface area contributed by atoms with Crippen molar-refractivity contribution in [1.29, 1.82) is 0 Å². The quantitative estimate of drug-likeness (QED) is 0.281. The van der Waals surface area contributed by atoms with E-state index in [1.54, 1.807) is 0 Å². The van der Waals surface area contributed by atoms with E-state index in [0.29, 0.717) is 6.07 Å². The highest BCUT2D eigenvalue weighted by Crippen LogP contribution is 2.43. The number of ketones is 1. The summed E-state index contributed by atoms with van der Waals surface area (Å²) in [6.45, 7) is 0. The van der Waals surface area contributed by atoms with Crippen molar-refractivity contribution in [1.82, 2.24) is 0 Å². The maximum atomic E-state index is 14.5. The zero-order valence-corrected chi connectivity index (χ0v) is 15.7. The van der Waals surface area contributed by atoms with E-state index in [9.17, 15) is 32.3 Å². The first kappa shape index (κ1) is 20.3. The number of aliphatic hydroxyl groups is 1. The van der Waals surface area contributed by atoms with Crippen molar-refractivity contribution in [3.63, 3.8) is 0 Å². The molecular formula is C23H13F4NO3. The third-order valence-electron chi connectivity index (χ3n) is 4.92. The van der Waals surface area contributed by atoms with E-state index in [4.69, 9.17) is 0 Å². The zero-order chi connectivity index (χ0) is 22.3. The van der Waals surface area contributed by atoms with Crippen LogP contribution in [0.25, 0.3) is 5.76 Å². The minimum Gasteiger partial charge on any atom is -0.507 e. The minimum absolute atomic E-state index is 0.0473. The van der Waals surface area contributed by atoms with Crippen LogP contribution < -0.4 is 4.90 Å². The van der Waals surface area contributed by atoms with Gasteiger partial charge < -0.3 is 5.11 Å². The molecule has 1 fully saturated rings. The molecule has 0 radical (unpaired) electrons. The van der Waals surface area contributed by atoms with Gasteiger partial charge in [-0.2, -0.15) is 0 Å². The standard InChI is InChI=1S/C23H13F4NO3/c24-14-5-1-12(2-6-14)20-19(21(29)13-3-7-15(25)8-4-13)22(30)23(31)28(20)18-10-9-16(26)11-17(18)27/h1-11,20,29H/b21-19+. The number of benzene rings is 3. The summed E-state index contributed by atoms with van der Waals surface area (Å²) in [7, 11) is 0. The number of hydrogen-bond donors (Lipinski definition) is 1. The summed E-state index contributed by atoms with van der Waals surface area (Å²) in [5.74, 6) is -6.06. The minimum atomic E-state index is -1.33. The topological polar surface area (TPSA) is 57.6 Å². The lowest BCUT2D eigenvalue weighted by atomic mass is 9.95. The van der Waals surface area contributed by atoms with Crippen LogP contribution in [-0.4, -0.2) is 16.8 Å². The largest absolute Gasteiger partial charge is 0.507 e. The van der Waals surface area contributed by atoms with Crippen LogP contribution in [0.1, 0.15) is 17.2 Å². The molecule has 31 heavy (non-hydrogen) atoms. The molecule has 1 N–H and O–H groups in total. The van der Waals surface area contributed by atoms with Crippen LogP contribution in [0.3, 0.4) is 0 Å². The number of hydrogen-bond acceptors (Lipinski definition) is 3. The molecule has 156 valence electrons. The zero-order valence-electron chi connectivity index (χ0n) is 15.7. The molecule has 1 atom stereocenters. The lowest BCUT2D eigenvalue weighted by Gasteiger charge is -2.25. The smallest absolute Gasteiger partial charge is 0.300 e. The van der Waals surface area contributed by atoms with Gasteiger partial charge in [-0.05, 0) is 54.1 Å². The van der Waals surface area contributed by atoms with Crippen LogP contribution >= 0.6 is 0 Å². The molecule has 1 aliphatic heterocycles. The molecular weight excluding hydrogens is 414 g/mol. The van der Waals surface area contributed by atoms with Crippen molar-refractivity contribution in [3.05, 3.63) is 107 Å². The van der Waals surface area contributed by atoms with Crippen molar-refractivity contribution in [2.75, 3.05) is 4.90 Å². The van der Waals surface area contributed by atoms with Gasteiger partial charge in [0.25, 0.3) is 11.7 Å². The van der Waals surface area contributed by atoms with Gasteiger partial charge in [-0.1, -0.05) is 12.1 Å². The SMILES string of the molecule is O=C1C(=O)N(c2ccc(F)cc2F)C(c2ccc(F)cc2)/C1=C(\O)c1ccc(F)cc1. The first-order chi connectivity index (χ1) is 14.8. The molecule has 0 bridgehead atoms. The Morgan fingerprint density at radius 2 is 1.32 bits per heavy atom. The van der Waals surface area contributed by atoms with E-state index in [2.05, 4.69) is 0 Å². The van der Waals surface area contributed by atoms with Gasteiger partial charge >= 0.3 is 0 Å². The number of amides is 1. The Hall–Kier alpha value is -3.94. The lowest BCUT2D eigenvalue weighted by Crippen LogP contribution is -2.30. The predicted octanol–water partition coefficient (Wildman–Crippen LogP) is 4.87. The summed E-state index contributed by atoms with van der Waals surface area (Å²) >= 11 is 0. The normalized spacial score (nSPS) is 17.9. The van der Waals surface area contributed by atoms with E-state index in [-0.39, 0.29) is 11.1 Å². The number of rotatable bonds is 3. The molecule has 1 saturated heterocycles. The average Bonchev–Trinajstić information content (AvgIpc) is 3.00. The van der Waals surface area contributed by atoms with Crippen LogP contribution in [0.4, 0.5) is 23.2 Å². The maximum absolute atomic E-state index is 14.5. The Balaban J connectivity index is 1.96. The summed E-state index contributed by atoms with van der Waals surface area (Å²) in [5.41, 5.74) is -0.540. The number of carbonyl (C=O) groups excluding carboxylic acids is 2. The molecule has 1 amide bonds. The van der Waals surface area contributed by atoms with E-state index < -0.39 is 58.0 Å². The van der Waals surface area contributed by atoms with Gasteiger partial charge in [0.2, 0.25) is 0 Å². The first-order valence-electron chi connectivity index (χ1n) is 9.05. The second kappa shape index (κ2) is 7.71. The van der Waals surface area contributed by atoms with Gasteiger partial charge in [-0.3, -0.25) is 14.5 Å². The maximum Gasteiger partial charge on any atom is 0.300 e. The Bertz CT molecular complexity index is 1220. The van der Waals surface area contributed by atoms with Crippen molar-refractivity contribution in [3.8, 4) is 0 Å². The molecule has 0 spiro atoms. The number of carbonyl (C=O) groups is 2. The van der Waals surface area contributed by atoms with Gasteiger partial charge in [0.05, 0.1) is 17.3 Å². The number of aliphatic hydroxyl groups excluding tert-OH is 1. The van der Waals surface area contributed by atoms with Gasteiger partial charge in [0.1, 0.15) is 29.0 Å². The van der Waals surface area contributed by atoms with Crippen molar-refractivity contribution >= 4 is 23.1 Å². The molecule has 4 nitrogen and oxygen atoms in total. The lowest BCUT2D eigenvalue weighted by molar-refractivity contribution is -0.132. The molecule has 3 aromatic carbocycles. The predicted molar refractivity (Wildman–Crippen MR) is 104 cm³/mol. The summed E-state index contributed by atoms with van der Waals surface area (Å²) in [5, 5.41) is 10.8. The number of nitrogens with zero attached hydrogens (tertiary/aromatic N) is 1.